The molecule has 1 aliphatic heterocycles. The third-order valence-electron chi connectivity index (χ3n) is 1.96. The zero-order valence-electron chi connectivity index (χ0n) is 8.44. The van der Waals surface area contributed by atoms with Gasteiger partial charge in [-0.2, -0.15) is 0 Å². The Kier molecular flexibility index (Phi) is 4.62. The van der Waals surface area contributed by atoms with Crippen molar-refractivity contribution in [1.29, 1.82) is 0 Å². The van der Waals surface area contributed by atoms with Crippen molar-refractivity contribution in [3.63, 3.8) is 0 Å². The fourth-order valence-electron chi connectivity index (χ4n) is 1.24. The lowest BCUT2D eigenvalue weighted by Crippen LogP contribution is -2.01. The van der Waals surface area contributed by atoms with Crippen LogP contribution in [-0.2, 0) is 11.2 Å². The summed E-state index contributed by atoms with van der Waals surface area (Å²) in [6, 6.07) is 8.41. The number of hydrogen-bond donors (Lipinski definition) is 0. The zero-order valence-corrected chi connectivity index (χ0v) is 8.44. The highest BCUT2D eigenvalue weighted by Crippen LogP contribution is 2.10. The number of aldehydes is 1. The molecule has 0 unspecified atom stereocenters. The van der Waals surface area contributed by atoms with E-state index in [1.807, 2.05) is 13.1 Å². The van der Waals surface area contributed by atoms with E-state index in [9.17, 15) is 4.79 Å². The summed E-state index contributed by atoms with van der Waals surface area (Å²) in [7, 11) is 0. The van der Waals surface area contributed by atoms with Gasteiger partial charge in [0.1, 0.15) is 6.29 Å². The molecule has 1 aliphatic rings. The minimum atomic E-state index is 0.639. The molecule has 0 aliphatic carbocycles. The Morgan fingerprint density at radius 1 is 1.43 bits per heavy atom. The largest absolute Gasteiger partial charge is 0.303 e. The van der Waals surface area contributed by atoms with E-state index < -0.39 is 0 Å². The lowest BCUT2D eigenvalue weighted by Gasteiger charge is -2.07. The molecule has 0 radical (unpaired) electrons. The summed E-state index contributed by atoms with van der Waals surface area (Å²) in [6.07, 6.45) is 4.57. The van der Waals surface area contributed by atoms with Gasteiger partial charge >= 0.3 is 0 Å². The van der Waals surface area contributed by atoms with Crippen LogP contribution >= 0.6 is 0 Å². The van der Waals surface area contributed by atoms with Gasteiger partial charge in [-0.1, -0.05) is 31.2 Å². The standard InChI is InChI=1S/C9H9N.C3H6O/c1-2-4-9-7-10-6-5-8(9)3-1;1-2-3-4/h1-4,7H,5-6H2;3H,2H2,1H3. The van der Waals surface area contributed by atoms with Crippen molar-refractivity contribution in [3.05, 3.63) is 35.4 Å². The molecule has 2 nitrogen and oxygen atoms in total. The highest BCUT2D eigenvalue weighted by Gasteiger charge is 2.01. The van der Waals surface area contributed by atoms with Crippen molar-refractivity contribution < 1.29 is 4.79 Å². The second-order valence-electron chi connectivity index (χ2n) is 3.06. The van der Waals surface area contributed by atoms with E-state index in [0.29, 0.717) is 6.42 Å². The molecule has 0 bridgehead atoms. The fraction of sp³-hybridized carbons (Fsp3) is 0.333. The predicted octanol–water partition coefficient (Wildman–Crippen LogP) is 2.26. The maximum Gasteiger partial charge on any atom is 0.119 e. The van der Waals surface area contributed by atoms with E-state index in [1.165, 1.54) is 11.1 Å². The van der Waals surface area contributed by atoms with Crippen LogP contribution in [0, 0.1) is 0 Å². The number of nitrogens with zero attached hydrogens (tertiary/aromatic N) is 1. The molecule has 0 saturated heterocycles. The summed E-state index contributed by atoms with van der Waals surface area (Å²) in [5.41, 5.74) is 2.71. The molecule has 0 atom stereocenters. The predicted molar refractivity (Wildman–Crippen MR) is 59.0 cm³/mol. The van der Waals surface area contributed by atoms with Crippen LogP contribution < -0.4 is 0 Å². The van der Waals surface area contributed by atoms with Gasteiger partial charge in [-0.25, -0.2) is 0 Å². The second-order valence-corrected chi connectivity index (χ2v) is 3.06. The average molecular weight is 189 g/mol. The Hall–Kier alpha value is -1.44. The molecule has 0 amide bonds. The lowest BCUT2D eigenvalue weighted by molar-refractivity contribution is -0.107. The first kappa shape index (κ1) is 10.6. The molecule has 14 heavy (non-hydrogen) atoms. The number of carbonyl (C=O) groups excluding carboxylic acids is 1. The van der Waals surface area contributed by atoms with Crippen LogP contribution in [0.15, 0.2) is 29.3 Å². The number of benzene rings is 1. The van der Waals surface area contributed by atoms with Crippen LogP contribution in [0.4, 0.5) is 0 Å². The number of aliphatic imine (C=N–C) groups is 1. The Bertz CT molecular complexity index is 318. The first-order chi connectivity index (χ1) is 6.88. The van der Waals surface area contributed by atoms with Gasteiger partial charge in [-0.15, -0.1) is 0 Å². The smallest absolute Gasteiger partial charge is 0.119 e. The number of hydrogen-bond acceptors (Lipinski definition) is 2. The Morgan fingerprint density at radius 3 is 2.79 bits per heavy atom. The topological polar surface area (TPSA) is 29.4 Å². The van der Waals surface area contributed by atoms with Gasteiger partial charge < -0.3 is 4.79 Å². The summed E-state index contributed by atoms with van der Waals surface area (Å²) in [4.78, 5) is 13.4. The Balaban J connectivity index is 0.000000213. The van der Waals surface area contributed by atoms with Crippen molar-refractivity contribution in [1.82, 2.24) is 0 Å². The minimum absolute atomic E-state index is 0.639. The van der Waals surface area contributed by atoms with E-state index in [4.69, 9.17) is 0 Å². The molecule has 2 heteroatoms. The van der Waals surface area contributed by atoms with Crippen molar-refractivity contribution in [2.75, 3.05) is 6.54 Å². The van der Waals surface area contributed by atoms with Crippen molar-refractivity contribution in [3.8, 4) is 0 Å². The van der Waals surface area contributed by atoms with Crippen molar-refractivity contribution in [2.45, 2.75) is 19.8 Å². The first-order valence-electron chi connectivity index (χ1n) is 4.90. The van der Waals surface area contributed by atoms with Gasteiger partial charge in [0.2, 0.25) is 0 Å². The summed E-state index contributed by atoms with van der Waals surface area (Å²) in [6.45, 7) is 2.77. The summed E-state index contributed by atoms with van der Waals surface area (Å²) >= 11 is 0. The molecule has 0 saturated carbocycles. The SMILES string of the molecule is C1=NCCc2ccccc21.CCC=O. The molecular weight excluding hydrogens is 174 g/mol. The molecule has 1 aromatic rings. The highest BCUT2D eigenvalue weighted by molar-refractivity contribution is 5.82. The first-order valence-corrected chi connectivity index (χ1v) is 4.90. The lowest BCUT2D eigenvalue weighted by atomic mass is 10.0. The van der Waals surface area contributed by atoms with Crippen molar-refractivity contribution >= 4 is 12.5 Å². The van der Waals surface area contributed by atoms with E-state index in [-0.39, 0.29) is 0 Å². The van der Waals surface area contributed by atoms with Crippen LogP contribution in [0.5, 0.6) is 0 Å². The van der Waals surface area contributed by atoms with E-state index in [2.05, 4.69) is 29.3 Å². The van der Waals surface area contributed by atoms with Gasteiger partial charge in [0.05, 0.1) is 0 Å². The molecule has 1 aromatic carbocycles. The third kappa shape index (κ3) is 3.13. The van der Waals surface area contributed by atoms with Gasteiger partial charge in [-0.05, 0) is 17.5 Å². The molecule has 0 aromatic heterocycles. The zero-order chi connectivity index (χ0) is 10.2. The van der Waals surface area contributed by atoms with Crippen LogP contribution in [0.3, 0.4) is 0 Å². The van der Waals surface area contributed by atoms with Crippen LogP contribution in [0.1, 0.15) is 24.5 Å². The van der Waals surface area contributed by atoms with Crippen LogP contribution in [-0.4, -0.2) is 19.0 Å². The van der Waals surface area contributed by atoms with Gasteiger partial charge in [0, 0.05) is 19.2 Å². The Morgan fingerprint density at radius 2 is 2.14 bits per heavy atom. The monoisotopic (exact) mass is 189 g/mol. The summed E-state index contributed by atoms with van der Waals surface area (Å²) < 4.78 is 0. The van der Waals surface area contributed by atoms with E-state index in [0.717, 1.165) is 19.3 Å². The Labute approximate surface area is 84.7 Å². The minimum Gasteiger partial charge on any atom is -0.303 e. The van der Waals surface area contributed by atoms with E-state index >= 15 is 0 Å². The molecular formula is C12H15NO. The van der Waals surface area contributed by atoms with Crippen molar-refractivity contribution in [2.24, 2.45) is 4.99 Å². The number of rotatable bonds is 1. The number of fused-ring (bicyclic) bond motifs is 1. The van der Waals surface area contributed by atoms with Crippen LogP contribution in [0.25, 0.3) is 0 Å². The molecule has 0 spiro atoms. The molecule has 1 heterocycles. The molecule has 0 fully saturated rings. The maximum atomic E-state index is 9.17. The van der Waals surface area contributed by atoms with E-state index in [1.54, 1.807) is 0 Å². The summed E-state index contributed by atoms with van der Waals surface area (Å²) in [5.74, 6) is 0. The van der Waals surface area contributed by atoms with Crippen LogP contribution in [0.2, 0.25) is 0 Å². The quantitative estimate of drug-likeness (QED) is 0.623. The second kappa shape index (κ2) is 6.08. The number of carbonyl (C=O) groups is 1. The molecule has 74 valence electrons. The molecule has 2 rings (SSSR count). The fourth-order valence-corrected chi connectivity index (χ4v) is 1.24. The summed E-state index contributed by atoms with van der Waals surface area (Å²) in [5, 5.41) is 0. The van der Waals surface area contributed by atoms with Gasteiger partial charge in [0.25, 0.3) is 0 Å². The molecule has 0 N–H and O–H groups in total. The maximum absolute atomic E-state index is 9.17. The van der Waals surface area contributed by atoms with Gasteiger partial charge in [0.15, 0.2) is 0 Å². The van der Waals surface area contributed by atoms with Gasteiger partial charge in [-0.3, -0.25) is 4.99 Å². The highest BCUT2D eigenvalue weighted by atomic mass is 16.1. The third-order valence-corrected chi connectivity index (χ3v) is 1.96. The normalized spacial score (nSPS) is 12.4. The average Bonchev–Trinajstić information content (AvgIpc) is 2.30.